The molecule has 0 aliphatic carbocycles. The third-order valence-corrected chi connectivity index (χ3v) is 6.55. The third-order valence-electron chi connectivity index (χ3n) is 6.10. The maximum Gasteiger partial charge on any atom is 0.190 e. The van der Waals surface area contributed by atoms with E-state index in [4.69, 9.17) is 38.4 Å². The van der Waals surface area contributed by atoms with Crippen LogP contribution in [0.25, 0.3) is 5.69 Å². The zero-order valence-corrected chi connectivity index (χ0v) is 20.2. The van der Waals surface area contributed by atoms with Crippen molar-refractivity contribution in [3.63, 3.8) is 0 Å². The van der Waals surface area contributed by atoms with Gasteiger partial charge in [0.1, 0.15) is 23.1 Å². The summed E-state index contributed by atoms with van der Waals surface area (Å²) in [4.78, 5) is 8.56. The molecule has 0 spiro atoms. The van der Waals surface area contributed by atoms with Crippen molar-refractivity contribution in [1.29, 1.82) is 0 Å². The third kappa shape index (κ3) is 4.03. The lowest BCUT2D eigenvalue weighted by Gasteiger charge is -2.44. The maximum atomic E-state index is 6.94. The number of nitrogens with zero attached hydrogens (tertiary/aromatic N) is 3. The Hall–Kier alpha value is -3.04. The molecule has 10 heteroatoms. The van der Waals surface area contributed by atoms with Crippen LogP contribution >= 0.6 is 23.2 Å². The standard InChI is InChI=1S/C24H24Cl2N6O2/c1-28-23-18-12-34-11-17(14-3-6-16(25)7-4-14)22(18)30-24(27,31-23)15-5-8-19(20(9-15)33-2)32-10-21(26)29-13-32/h3-10,13,17,30H,11-12,27H2,1-2H3,(H,28,31). The molecule has 2 unspecified atom stereocenters. The van der Waals surface area contributed by atoms with Crippen LogP contribution in [0.4, 0.5) is 0 Å². The SMILES string of the molecule is CN=C1NC(N)(c2ccc(-n3cnc(Cl)c3)c(OC)c2)NC2=C1COCC2c1ccc(Cl)cc1. The van der Waals surface area contributed by atoms with E-state index in [1.807, 2.05) is 42.5 Å². The number of aromatic nitrogens is 2. The Morgan fingerprint density at radius 3 is 2.68 bits per heavy atom. The summed E-state index contributed by atoms with van der Waals surface area (Å²) in [5.74, 6) is 0.126. The van der Waals surface area contributed by atoms with E-state index >= 15 is 0 Å². The number of amidine groups is 1. The smallest absolute Gasteiger partial charge is 0.190 e. The first kappa shape index (κ1) is 22.7. The average Bonchev–Trinajstić information content (AvgIpc) is 3.29. The average molecular weight is 499 g/mol. The molecule has 176 valence electrons. The molecule has 2 aromatic carbocycles. The van der Waals surface area contributed by atoms with Crippen LogP contribution in [0.1, 0.15) is 17.0 Å². The molecule has 34 heavy (non-hydrogen) atoms. The first-order valence-electron chi connectivity index (χ1n) is 10.7. The molecule has 0 amide bonds. The Morgan fingerprint density at radius 1 is 1.21 bits per heavy atom. The number of nitrogens with one attached hydrogen (secondary N) is 2. The second-order valence-electron chi connectivity index (χ2n) is 8.13. The normalized spacial score (nSPS) is 23.3. The van der Waals surface area contributed by atoms with Crippen molar-refractivity contribution in [2.45, 2.75) is 11.7 Å². The molecule has 8 nitrogen and oxygen atoms in total. The number of nitrogens with two attached hydrogens (primary N) is 1. The summed E-state index contributed by atoms with van der Waals surface area (Å²) in [5.41, 5.74) is 11.5. The van der Waals surface area contributed by atoms with Gasteiger partial charge in [0.15, 0.2) is 5.79 Å². The van der Waals surface area contributed by atoms with E-state index in [2.05, 4.69) is 20.6 Å². The van der Waals surface area contributed by atoms with Crippen molar-refractivity contribution in [3.8, 4) is 11.4 Å². The van der Waals surface area contributed by atoms with E-state index in [9.17, 15) is 0 Å². The first-order chi connectivity index (χ1) is 16.4. The molecule has 2 atom stereocenters. The first-order valence-corrected chi connectivity index (χ1v) is 11.4. The van der Waals surface area contributed by atoms with Crippen molar-refractivity contribution < 1.29 is 9.47 Å². The summed E-state index contributed by atoms with van der Waals surface area (Å²) >= 11 is 12.1. The van der Waals surface area contributed by atoms with Crippen molar-refractivity contribution in [3.05, 3.63) is 87.6 Å². The Bertz CT molecular complexity index is 1290. The monoisotopic (exact) mass is 498 g/mol. The van der Waals surface area contributed by atoms with E-state index in [1.54, 1.807) is 31.2 Å². The van der Waals surface area contributed by atoms with Crippen molar-refractivity contribution in [1.82, 2.24) is 20.2 Å². The van der Waals surface area contributed by atoms with Crippen LogP contribution < -0.4 is 21.1 Å². The molecule has 2 aliphatic heterocycles. The predicted molar refractivity (Wildman–Crippen MR) is 133 cm³/mol. The van der Waals surface area contributed by atoms with Gasteiger partial charge in [0.05, 0.1) is 26.0 Å². The lowest BCUT2D eigenvalue weighted by molar-refractivity contribution is 0.125. The molecular formula is C24H24Cl2N6O2. The highest BCUT2D eigenvalue weighted by Gasteiger charge is 2.40. The Balaban J connectivity index is 1.55. The van der Waals surface area contributed by atoms with Gasteiger partial charge in [0, 0.05) is 41.0 Å². The highest BCUT2D eigenvalue weighted by Crippen LogP contribution is 2.36. The summed E-state index contributed by atoms with van der Waals surface area (Å²) in [6.45, 7) is 0.954. The molecule has 3 aromatic rings. The predicted octanol–water partition coefficient (Wildman–Crippen LogP) is 3.55. The van der Waals surface area contributed by atoms with E-state index in [-0.39, 0.29) is 5.92 Å². The number of hydrogen-bond donors (Lipinski definition) is 3. The van der Waals surface area contributed by atoms with Gasteiger partial charge >= 0.3 is 0 Å². The minimum absolute atomic E-state index is 0.0444. The lowest BCUT2D eigenvalue weighted by Crippen LogP contribution is -2.66. The Morgan fingerprint density at radius 2 is 2.00 bits per heavy atom. The number of methoxy groups -OCH3 is 1. The van der Waals surface area contributed by atoms with Gasteiger partial charge in [-0.1, -0.05) is 41.4 Å². The zero-order valence-electron chi connectivity index (χ0n) is 18.7. The molecule has 0 radical (unpaired) electrons. The van der Waals surface area contributed by atoms with Crippen LogP contribution in [0.3, 0.4) is 0 Å². The summed E-state index contributed by atoms with van der Waals surface area (Å²) in [6, 6.07) is 13.5. The van der Waals surface area contributed by atoms with Gasteiger partial charge in [0.25, 0.3) is 0 Å². The molecule has 0 fully saturated rings. The van der Waals surface area contributed by atoms with Crippen LogP contribution in [0, 0.1) is 0 Å². The minimum Gasteiger partial charge on any atom is -0.495 e. The van der Waals surface area contributed by atoms with E-state index in [1.165, 1.54) is 0 Å². The largest absolute Gasteiger partial charge is 0.495 e. The van der Waals surface area contributed by atoms with Crippen LogP contribution in [0.2, 0.25) is 10.2 Å². The van der Waals surface area contributed by atoms with Gasteiger partial charge in [-0.15, -0.1) is 0 Å². The fraction of sp³-hybridized carbons (Fsp3) is 0.250. The highest BCUT2D eigenvalue weighted by atomic mass is 35.5. The summed E-state index contributed by atoms with van der Waals surface area (Å²) in [6.07, 6.45) is 3.35. The molecule has 3 heterocycles. The molecule has 0 saturated carbocycles. The van der Waals surface area contributed by atoms with Crippen molar-refractivity contribution in [2.24, 2.45) is 10.7 Å². The number of benzene rings is 2. The maximum absolute atomic E-state index is 6.94. The van der Waals surface area contributed by atoms with Crippen LogP contribution in [-0.2, 0) is 10.5 Å². The quantitative estimate of drug-likeness (QED) is 0.508. The number of aliphatic imine (C=N–C) groups is 1. The number of rotatable bonds is 4. The van der Waals surface area contributed by atoms with Gasteiger partial charge in [-0.3, -0.25) is 10.7 Å². The molecule has 0 bridgehead atoms. The van der Waals surface area contributed by atoms with Gasteiger partial charge in [0.2, 0.25) is 0 Å². The van der Waals surface area contributed by atoms with Gasteiger partial charge in [-0.25, -0.2) is 4.98 Å². The molecule has 1 aromatic heterocycles. The molecular weight excluding hydrogens is 475 g/mol. The molecule has 2 aliphatic rings. The second-order valence-corrected chi connectivity index (χ2v) is 8.96. The second kappa shape index (κ2) is 8.96. The lowest BCUT2D eigenvalue weighted by atomic mass is 9.88. The van der Waals surface area contributed by atoms with E-state index in [0.717, 1.165) is 28.1 Å². The highest BCUT2D eigenvalue weighted by molar-refractivity contribution is 6.30. The van der Waals surface area contributed by atoms with E-state index in [0.29, 0.717) is 35.0 Å². The number of ether oxygens (including phenoxy) is 2. The van der Waals surface area contributed by atoms with Gasteiger partial charge < -0.3 is 24.7 Å². The molecule has 0 saturated heterocycles. The Labute approximate surface area is 207 Å². The number of imidazole rings is 1. The molecule has 5 rings (SSSR count). The van der Waals surface area contributed by atoms with Crippen LogP contribution in [-0.4, -0.2) is 42.8 Å². The fourth-order valence-corrected chi connectivity index (χ4v) is 4.65. The van der Waals surface area contributed by atoms with Gasteiger partial charge in [-0.05, 0) is 29.8 Å². The number of halogens is 2. The topological polar surface area (TPSA) is 98.7 Å². The minimum atomic E-state index is -1.13. The summed E-state index contributed by atoms with van der Waals surface area (Å²) in [7, 11) is 3.34. The van der Waals surface area contributed by atoms with Crippen molar-refractivity contribution >= 4 is 29.0 Å². The van der Waals surface area contributed by atoms with Crippen LogP contribution in [0.15, 0.2) is 71.3 Å². The van der Waals surface area contributed by atoms with Crippen LogP contribution in [0.5, 0.6) is 5.75 Å². The Kier molecular flexibility index (Phi) is 5.99. The van der Waals surface area contributed by atoms with E-state index < -0.39 is 5.79 Å². The summed E-state index contributed by atoms with van der Waals surface area (Å²) < 4.78 is 13.4. The molecule has 4 N–H and O–H groups in total. The van der Waals surface area contributed by atoms with Gasteiger partial charge in [-0.2, -0.15) is 0 Å². The van der Waals surface area contributed by atoms with Crippen molar-refractivity contribution in [2.75, 3.05) is 27.4 Å². The zero-order chi connectivity index (χ0) is 23.9. The number of hydrogen-bond acceptors (Lipinski definition) is 6. The summed E-state index contributed by atoms with van der Waals surface area (Å²) in [5, 5.41) is 7.98. The fourth-order valence-electron chi connectivity index (χ4n) is 4.37.